The average Bonchev–Trinajstić information content (AvgIpc) is 1.75. The number of nitrogens with zero attached hydrogens (tertiary/aromatic N) is 3. The molecule has 616 valence electrons. The minimum Gasteiger partial charge on any atom is -0.368 e. The molecular formula is C67H116N20O22. The fourth-order valence-electron chi connectivity index (χ4n) is 10.1. The van der Waals surface area contributed by atoms with Gasteiger partial charge in [0.15, 0.2) is 17.3 Å². The normalized spacial score (nSPS) is 14.3. The van der Waals surface area contributed by atoms with Gasteiger partial charge in [-0.05, 0) is 125 Å². The van der Waals surface area contributed by atoms with Crippen molar-refractivity contribution in [1.82, 2.24) is 89.6 Å². The molecule has 42 heteroatoms. The lowest BCUT2D eigenvalue weighted by atomic mass is 10.1. The van der Waals surface area contributed by atoms with Crippen molar-refractivity contribution in [2.75, 3.05) is 114 Å². The number of nitrogens with two attached hydrogens (primary N) is 3. The van der Waals surface area contributed by atoms with E-state index in [1.54, 1.807) is 28.2 Å². The molecule has 0 aliphatic carbocycles. The largest absolute Gasteiger partial charge is 0.368 e. The molecule has 42 nitrogen and oxygen atoms in total. The predicted molar refractivity (Wildman–Crippen MR) is 387 cm³/mol. The molecular weight excluding hydrogens is 1440 g/mol. The Kier molecular flexibility index (Phi) is 53.5. The zero-order chi connectivity index (χ0) is 81.3. The fourth-order valence-corrected chi connectivity index (χ4v) is 10.1. The smallest absolute Gasteiger partial charge is 0.333 e. The van der Waals surface area contributed by atoms with Crippen LogP contribution in [0, 0.1) is 0 Å². The van der Waals surface area contributed by atoms with Crippen LogP contribution in [-0.2, 0) is 106 Å². The number of unbranched alkanes of at least 4 members (excludes halogenated alkanes) is 4. The van der Waals surface area contributed by atoms with Crippen molar-refractivity contribution in [1.29, 1.82) is 0 Å². The number of rotatable bonds is 61. The van der Waals surface area contributed by atoms with Crippen LogP contribution in [0.25, 0.3) is 0 Å². The third kappa shape index (κ3) is 47.3. The number of primary amides is 3. The molecule has 0 aromatic rings. The van der Waals surface area contributed by atoms with E-state index in [1.807, 2.05) is 0 Å². The number of hydrogen-bond donors (Lipinski definition) is 17. The van der Waals surface area contributed by atoms with Gasteiger partial charge in [-0.15, -0.1) is 15.2 Å². The summed E-state index contributed by atoms with van der Waals surface area (Å²) in [6.45, 7) is 3.87. The van der Waals surface area contributed by atoms with E-state index in [1.165, 1.54) is 0 Å². The lowest BCUT2D eigenvalue weighted by Gasteiger charge is -2.16. The third-order valence-electron chi connectivity index (χ3n) is 16.4. The Morgan fingerprint density at radius 3 is 0.826 bits per heavy atom. The summed E-state index contributed by atoms with van der Waals surface area (Å²) in [7, 11) is 6.84. The van der Waals surface area contributed by atoms with E-state index >= 15 is 0 Å². The van der Waals surface area contributed by atoms with Crippen molar-refractivity contribution in [3.05, 3.63) is 0 Å². The topological polar surface area (TPSA) is 608 Å². The number of nitrogens with one attached hydrogen (secondary N) is 14. The predicted octanol–water partition coefficient (Wildman–Crippen LogP) is -6.64. The maximum absolute atomic E-state index is 12.4. The number of likely N-dealkylation sites (N-methyl/N-ethyl adjacent to an activating group) is 4. The summed E-state index contributed by atoms with van der Waals surface area (Å²) in [4.78, 5) is 234. The van der Waals surface area contributed by atoms with Gasteiger partial charge in [0.1, 0.15) is 0 Å². The highest BCUT2D eigenvalue weighted by atomic mass is 16.7. The fraction of sp³-hybridized carbons (Fsp3) is 0.716. The molecule has 3 saturated heterocycles. The Morgan fingerprint density at radius 2 is 0.560 bits per heavy atom. The van der Waals surface area contributed by atoms with Crippen molar-refractivity contribution < 1.29 is 106 Å². The molecule has 3 fully saturated rings. The summed E-state index contributed by atoms with van der Waals surface area (Å²) in [6, 6.07) is -1.29. The van der Waals surface area contributed by atoms with Crippen LogP contribution in [0.2, 0.25) is 0 Å². The van der Waals surface area contributed by atoms with Crippen molar-refractivity contribution in [2.45, 2.75) is 198 Å². The SMILES string of the molecule is CN[C@@H](CCCCNCNCC(=O)CNC(=O)CCCC(=O)NCC(=O)CNCNCCCC[C@@H](NC)C(=O)NCCCC[C@H](NC)C(N)=O)C(N)=O.CN[C@@H](CCCCNCNCC(=O)CNC(=O)CCCC(=O)ON1C(=O)CCC1=O)C(N)=O.O=C(CCCC(=O)ON1C(=O)CCC1=O)ON1C(=O)CCC1=O. The summed E-state index contributed by atoms with van der Waals surface area (Å²) >= 11 is 0. The molecule has 0 radical (unpaired) electrons. The van der Waals surface area contributed by atoms with E-state index in [9.17, 15) is 91.1 Å². The standard InChI is InChI=1S/C34H68N12O7.C20H34N6O7.C13H14N2O8/c1-37-27(32(35)51)11-4-7-16-40-23-42-19-25(47)21-45-30(49)14-10-15-31(50)46-22-26(48)20-43-24-41-17-8-5-13-29(39-3)34(53)44-18-9-6-12-28(38-2)33(36)52;1-22-15(20(21)32)5-2-3-10-23-13-24-11-14(27)12-25-16(28)6-4-7-19(31)33-26-17(29)8-9-18(26)30;16-8-4-5-9(17)14(8)22-12(20)2-1-3-13(21)23-15-10(18)6-7-11(15)19/h27-29,37-43H,4-24H2,1-3H3,(H2,35,51)(H2,36,52)(H,44,53)(H,45,49)(H,46,50);15,22-24H,2-13H2,1H3,(H2,21,32)(H,25,28);1-7H2/t27-,28-,29+;15-;/m00./s1. The van der Waals surface area contributed by atoms with Crippen LogP contribution in [0.15, 0.2) is 0 Å². The Hall–Kier alpha value is -9.27. The van der Waals surface area contributed by atoms with Crippen molar-refractivity contribution >= 4 is 112 Å². The van der Waals surface area contributed by atoms with Gasteiger partial charge < -0.3 is 90.2 Å². The molecule has 0 saturated carbocycles. The second kappa shape index (κ2) is 59.7. The van der Waals surface area contributed by atoms with Crippen LogP contribution in [0.4, 0.5) is 0 Å². The average molecular weight is 1550 g/mol. The first-order valence-electron chi connectivity index (χ1n) is 36.7. The van der Waals surface area contributed by atoms with Gasteiger partial charge in [0.05, 0.1) is 63.4 Å². The summed E-state index contributed by atoms with van der Waals surface area (Å²) in [5.74, 6) is -8.69. The summed E-state index contributed by atoms with van der Waals surface area (Å²) < 4.78 is 0. The second-order valence-corrected chi connectivity index (χ2v) is 25.3. The molecule has 0 unspecified atom stereocenters. The van der Waals surface area contributed by atoms with Crippen LogP contribution in [-0.4, -0.2) is 265 Å². The van der Waals surface area contributed by atoms with Gasteiger partial charge in [0.25, 0.3) is 35.4 Å². The maximum atomic E-state index is 12.4. The molecule has 4 atom stereocenters. The first kappa shape index (κ1) is 97.7. The number of Topliss-reactive ketones (excluding diaryl/α,β-unsaturated/α-hetero) is 3. The molecule has 3 aliphatic heterocycles. The van der Waals surface area contributed by atoms with Gasteiger partial charge >= 0.3 is 17.9 Å². The van der Waals surface area contributed by atoms with E-state index < -0.39 is 59.3 Å². The Balaban J connectivity index is 0.000000895. The molecule has 109 heavy (non-hydrogen) atoms. The van der Waals surface area contributed by atoms with E-state index in [-0.39, 0.29) is 213 Å². The highest BCUT2D eigenvalue weighted by molar-refractivity contribution is 6.03. The van der Waals surface area contributed by atoms with Gasteiger partial charge in [-0.2, -0.15) is 0 Å². The lowest BCUT2D eigenvalue weighted by Crippen LogP contribution is -2.43. The van der Waals surface area contributed by atoms with Gasteiger partial charge in [0, 0.05) is 104 Å². The van der Waals surface area contributed by atoms with Crippen LogP contribution in [0.3, 0.4) is 0 Å². The number of hydrogen-bond acceptors (Lipinski definition) is 32. The second-order valence-electron chi connectivity index (χ2n) is 25.3. The molecule has 20 N–H and O–H groups in total. The van der Waals surface area contributed by atoms with E-state index in [0.717, 1.165) is 64.5 Å². The third-order valence-corrected chi connectivity index (χ3v) is 16.4. The highest BCUT2D eigenvalue weighted by Crippen LogP contribution is 2.17. The number of carbonyl (C=O) groups is 19. The Morgan fingerprint density at radius 1 is 0.312 bits per heavy atom. The molecule has 0 bridgehead atoms. The molecule has 0 aromatic carbocycles. The minimum atomic E-state index is -0.838. The first-order chi connectivity index (χ1) is 52.1. The number of hydroxylamine groups is 6. The molecule has 0 aromatic heterocycles. The van der Waals surface area contributed by atoms with E-state index in [4.69, 9.17) is 22.0 Å². The maximum Gasteiger partial charge on any atom is 0.333 e. The van der Waals surface area contributed by atoms with Gasteiger partial charge in [-0.1, -0.05) is 19.3 Å². The summed E-state index contributed by atoms with van der Waals surface area (Å²) in [5, 5.41) is 41.8. The number of carbonyl (C=O) groups excluding carboxylic acids is 19. The molecule has 0 spiro atoms. The molecule has 3 rings (SSSR count). The number of imide groups is 3. The molecule has 13 amide bonds. The number of ketones is 3. The highest BCUT2D eigenvalue weighted by Gasteiger charge is 2.35. The van der Waals surface area contributed by atoms with Crippen LogP contribution < -0.4 is 91.6 Å². The molecule has 3 aliphatic rings. The Labute approximate surface area is 633 Å². The summed E-state index contributed by atoms with van der Waals surface area (Å²) in [6.07, 6.45) is 9.29. The van der Waals surface area contributed by atoms with E-state index in [2.05, 4.69) is 84.1 Å². The van der Waals surface area contributed by atoms with Gasteiger partial charge in [0.2, 0.25) is 41.4 Å². The van der Waals surface area contributed by atoms with Crippen LogP contribution in [0.1, 0.15) is 173 Å². The van der Waals surface area contributed by atoms with Gasteiger partial charge in [-0.3, -0.25) is 92.7 Å². The van der Waals surface area contributed by atoms with Crippen molar-refractivity contribution in [2.24, 2.45) is 17.2 Å². The van der Waals surface area contributed by atoms with Gasteiger partial charge in [-0.25, -0.2) is 14.4 Å². The van der Waals surface area contributed by atoms with Crippen molar-refractivity contribution in [3.63, 3.8) is 0 Å². The van der Waals surface area contributed by atoms with Crippen LogP contribution in [0.5, 0.6) is 0 Å². The van der Waals surface area contributed by atoms with Crippen LogP contribution >= 0.6 is 0 Å². The lowest BCUT2D eigenvalue weighted by molar-refractivity contribution is -0.199. The Bertz CT molecular complexity index is 2890. The van der Waals surface area contributed by atoms with Crippen molar-refractivity contribution in [3.8, 4) is 0 Å². The first-order valence-corrected chi connectivity index (χ1v) is 36.7. The molecule has 3 heterocycles. The zero-order valence-electron chi connectivity index (χ0n) is 63.1. The quantitative estimate of drug-likeness (QED) is 0.0153. The van der Waals surface area contributed by atoms with E-state index in [0.29, 0.717) is 74.0 Å². The monoisotopic (exact) mass is 1550 g/mol. The minimum absolute atomic E-state index is 0.00339. The number of amides is 13. The zero-order valence-corrected chi connectivity index (χ0v) is 63.1. The summed E-state index contributed by atoms with van der Waals surface area (Å²) in [5.41, 5.74) is 15.8.